The number of nitrogens with zero attached hydrogens (tertiary/aromatic N) is 4. The first-order valence-corrected chi connectivity index (χ1v) is 20.9. The Labute approximate surface area is 332 Å². The highest BCUT2D eigenvalue weighted by molar-refractivity contribution is 7.92. The molecule has 0 aliphatic carbocycles. The van der Waals surface area contributed by atoms with Gasteiger partial charge in [0, 0.05) is 48.1 Å². The molecular weight excluding hydrogens is 751 g/mol. The third kappa shape index (κ3) is 7.42. The SMILES string of the molecule is COC(=O)N[C@@H](C(=O)N1CCC[C@@H]1C1=NC=C(c2ccc3c(c2)S(=O)(=O)c2cc(-c4cnc([C@H]5CCCN5C(=O)[C@H](NC(=O)OC)C(C)C)[nH]4)ccc2-3)C1)C(C)C. The molecule has 0 saturated carbocycles. The summed E-state index contributed by atoms with van der Waals surface area (Å²) in [7, 11) is -1.35. The highest BCUT2D eigenvalue weighted by Crippen LogP contribution is 2.46. The molecule has 57 heavy (non-hydrogen) atoms. The molecule has 4 aliphatic heterocycles. The summed E-state index contributed by atoms with van der Waals surface area (Å²) in [5, 5.41) is 5.34. The number of amides is 4. The average molecular weight is 800 g/mol. The number of ether oxygens (including phenoxy) is 2. The van der Waals surface area contributed by atoms with Crippen LogP contribution in [0.1, 0.15) is 77.2 Å². The minimum absolute atomic E-state index is 0.149. The summed E-state index contributed by atoms with van der Waals surface area (Å²) < 4.78 is 37.8. The van der Waals surface area contributed by atoms with Crippen molar-refractivity contribution in [1.82, 2.24) is 30.4 Å². The van der Waals surface area contributed by atoms with Gasteiger partial charge >= 0.3 is 12.2 Å². The summed E-state index contributed by atoms with van der Waals surface area (Å²) in [6, 6.07) is 8.74. The fraction of sp³-hybridized carbons (Fsp3) is 0.463. The normalized spacial score (nSPS) is 20.5. The van der Waals surface area contributed by atoms with Crippen LogP contribution in [0.2, 0.25) is 0 Å². The Morgan fingerprint density at radius 1 is 0.789 bits per heavy atom. The van der Waals surface area contributed by atoms with E-state index in [-0.39, 0.29) is 45.5 Å². The number of carbonyl (C=O) groups is 4. The van der Waals surface area contributed by atoms with Crippen LogP contribution in [0.4, 0.5) is 9.59 Å². The molecule has 7 rings (SSSR count). The van der Waals surface area contributed by atoms with Crippen molar-refractivity contribution in [2.24, 2.45) is 16.8 Å². The molecule has 4 amide bonds. The summed E-state index contributed by atoms with van der Waals surface area (Å²) in [6.45, 7) is 8.53. The van der Waals surface area contributed by atoms with Gasteiger partial charge < -0.3 is 34.9 Å². The number of benzene rings is 2. The van der Waals surface area contributed by atoms with E-state index < -0.39 is 34.1 Å². The lowest BCUT2D eigenvalue weighted by molar-refractivity contribution is -0.135. The number of likely N-dealkylation sites (tertiary alicyclic amines) is 2. The lowest BCUT2D eigenvalue weighted by Crippen LogP contribution is -2.53. The number of methoxy groups -OCH3 is 2. The zero-order chi connectivity index (χ0) is 40.8. The molecule has 2 fully saturated rings. The van der Waals surface area contributed by atoms with Crippen LogP contribution in [-0.4, -0.2) is 103 Å². The second kappa shape index (κ2) is 15.8. The van der Waals surface area contributed by atoms with Gasteiger partial charge in [-0.05, 0) is 60.8 Å². The third-order valence-corrected chi connectivity index (χ3v) is 13.3. The lowest BCUT2D eigenvalue weighted by Gasteiger charge is -2.31. The number of nitrogens with one attached hydrogen (secondary N) is 3. The maximum Gasteiger partial charge on any atom is 0.407 e. The first-order valence-electron chi connectivity index (χ1n) is 19.4. The summed E-state index contributed by atoms with van der Waals surface area (Å²) in [4.78, 5) is 67.9. The number of H-pyrrole nitrogens is 1. The monoisotopic (exact) mass is 799 g/mol. The highest BCUT2D eigenvalue weighted by atomic mass is 32.2. The van der Waals surface area contributed by atoms with E-state index in [1.54, 1.807) is 34.3 Å². The number of allylic oxidation sites excluding steroid dienone is 1. The molecule has 2 aromatic carbocycles. The molecule has 302 valence electrons. The number of aliphatic imine (C=N–C) groups is 1. The first-order chi connectivity index (χ1) is 27.2. The maximum absolute atomic E-state index is 14.1. The molecule has 4 aliphatic rings. The van der Waals surface area contributed by atoms with E-state index in [0.29, 0.717) is 54.1 Å². The van der Waals surface area contributed by atoms with Crippen LogP contribution in [0.3, 0.4) is 0 Å². The average Bonchev–Trinajstić information content (AvgIpc) is 4.05. The molecule has 1 aromatic heterocycles. The standard InChI is InChI=1S/C41H49N7O8S/c1-22(2)35(45-40(51)55-5)38(49)47-15-7-9-31(47)29-17-26(20-42-29)24-11-13-27-28-14-12-25(19-34(28)57(53,54)33(27)18-24)30-21-43-37(44-30)32-10-8-16-48(32)39(50)36(23(3)4)46-41(52)56-6/h11-14,18-23,31-32,35-36H,7-10,15-17H2,1-6H3,(H,43,44)(H,45,51)(H,46,52)/t31-,32-,35-,36-/m1/s1. The Kier molecular flexibility index (Phi) is 11.0. The van der Waals surface area contributed by atoms with Crippen LogP contribution in [-0.2, 0) is 28.9 Å². The molecule has 0 unspecified atom stereocenters. The minimum atomic E-state index is -3.88. The van der Waals surface area contributed by atoms with E-state index >= 15 is 0 Å². The zero-order valence-electron chi connectivity index (χ0n) is 33.0. The summed E-state index contributed by atoms with van der Waals surface area (Å²) >= 11 is 0. The Morgan fingerprint density at radius 2 is 1.32 bits per heavy atom. The number of carbonyl (C=O) groups excluding carboxylic acids is 4. The van der Waals surface area contributed by atoms with Crippen LogP contribution in [0.25, 0.3) is 28.0 Å². The molecule has 4 atom stereocenters. The zero-order valence-corrected chi connectivity index (χ0v) is 33.8. The van der Waals surface area contributed by atoms with Crippen LogP contribution in [0.15, 0.2) is 63.6 Å². The number of aromatic nitrogens is 2. The van der Waals surface area contributed by atoms with E-state index in [1.165, 1.54) is 14.2 Å². The number of aromatic amines is 1. The topological polar surface area (TPSA) is 192 Å². The van der Waals surface area contributed by atoms with Crippen molar-refractivity contribution >= 4 is 45.1 Å². The first kappa shape index (κ1) is 39.7. The fourth-order valence-electron chi connectivity index (χ4n) is 8.35. The van der Waals surface area contributed by atoms with Gasteiger partial charge in [0.05, 0.1) is 48.0 Å². The van der Waals surface area contributed by atoms with E-state index in [2.05, 4.69) is 20.6 Å². The molecule has 15 nitrogen and oxygen atoms in total. The molecule has 16 heteroatoms. The van der Waals surface area contributed by atoms with Gasteiger partial charge in [-0.25, -0.2) is 23.0 Å². The summed E-state index contributed by atoms with van der Waals surface area (Å²) in [5.74, 6) is -0.123. The van der Waals surface area contributed by atoms with Gasteiger partial charge in [0.2, 0.25) is 21.7 Å². The van der Waals surface area contributed by atoms with Gasteiger partial charge in [0.1, 0.15) is 17.9 Å². The Hall–Kier alpha value is -5.51. The molecule has 0 radical (unpaired) electrons. The number of hydrogen-bond acceptors (Lipinski definition) is 10. The quantitative estimate of drug-likeness (QED) is 0.186. The molecule has 5 heterocycles. The number of hydrogen-bond donors (Lipinski definition) is 3. The second-order valence-corrected chi connectivity index (χ2v) is 17.5. The smallest absolute Gasteiger partial charge is 0.407 e. The molecule has 2 saturated heterocycles. The van der Waals surface area contributed by atoms with Crippen molar-refractivity contribution in [3.8, 4) is 22.4 Å². The van der Waals surface area contributed by atoms with Crippen molar-refractivity contribution < 1.29 is 37.1 Å². The van der Waals surface area contributed by atoms with Gasteiger partial charge in [-0.1, -0.05) is 52.0 Å². The van der Waals surface area contributed by atoms with Crippen molar-refractivity contribution in [2.75, 3.05) is 27.3 Å². The Morgan fingerprint density at radius 3 is 1.88 bits per heavy atom. The number of imidazole rings is 1. The molecule has 0 spiro atoms. The predicted octanol–water partition coefficient (Wildman–Crippen LogP) is 5.49. The Bertz CT molecular complexity index is 2280. The molecule has 3 aromatic rings. The van der Waals surface area contributed by atoms with Crippen LogP contribution in [0.5, 0.6) is 0 Å². The summed E-state index contributed by atoms with van der Waals surface area (Å²) in [6.07, 6.45) is 5.55. The third-order valence-electron chi connectivity index (χ3n) is 11.4. The highest BCUT2D eigenvalue weighted by Gasteiger charge is 2.40. The largest absolute Gasteiger partial charge is 0.453 e. The van der Waals surface area contributed by atoms with Gasteiger partial charge in [0.15, 0.2) is 0 Å². The van der Waals surface area contributed by atoms with Gasteiger partial charge in [-0.2, -0.15) is 0 Å². The van der Waals surface area contributed by atoms with Crippen LogP contribution in [0, 0.1) is 11.8 Å². The van der Waals surface area contributed by atoms with Gasteiger partial charge in [-0.3, -0.25) is 14.6 Å². The number of alkyl carbamates (subject to hydrolysis) is 2. The van der Waals surface area contributed by atoms with Crippen LogP contribution < -0.4 is 10.6 Å². The van der Waals surface area contributed by atoms with Crippen molar-refractivity contribution in [1.29, 1.82) is 0 Å². The van der Waals surface area contributed by atoms with Gasteiger partial charge in [-0.15, -0.1) is 0 Å². The van der Waals surface area contributed by atoms with Gasteiger partial charge in [0.25, 0.3) is 0 Å². The lowest BCUT2D eigenvalue weighted by atomic mass is 9.95. The molecule has 3 N–H and O–H groups in total. The second-order valence-electron chi connectivity index (χ2n) is 15.7. The number of sulfone groups is 1. The Balaban J connectivity index is 1.06. The van der Waals surface area contributed by atoms with Crippen molar-refractivity contribution in [3.05, 3.63) is 60.2 Å². The van der Waals surface area contributed by atoms with E-state index in [1.807, 2.05) is 52.0 Å². The van der Waals surface area contributed by atoms with E-state index in [4.69, 9.17) is 14.5 Å². The molecular formula is C41H49N7O8S. The molecule has 0 bridgehead atoms. The van der Waals surface area contributed by atoms with Crippen molar-refractivity contribution in [3.63, 3.8) is 0 Å². The van der Waals surface area contributed by atoms with Crippen molar-refractivity contribution in [2.45, 2.75) is 93.8 Å². The fourth-order valence-corrected chi connectivity index (χ4v) is 10.1. The van der Waals surface area contributed by atoms with Crippen LogP contribution >= 0.6 is 0 Å². The van der Waals surface area contributed by atoms with E-state index in [0.717, 1.165) is 36.1 Å². The summed E-state index contributed by atoms with van der Waals surface area (Å²) in [5.41, 5.74) is 4.92. The van der Waals surface area contributed by atoms with E-state index in [9.17, 15) is 27.6 Å². The number of fused-ring (bicyclic) bond motifs is 3. The predicted molar refractivity (Wildman–Crippen MR) is 212 cm³/mol. The minimum Gasteiger partial charge on any atom is -0.453 e. The maximum atomic E-state index is 14.1. The number of rotatable bonds is 10.